The summed E-state index contributed by atoms with van der Waals surface area (Å²) in [4.78, 5) is 44.6. The lowest BCUT2D eigenvalue weighted by atomic mass is 9.97. The van der Waals surface area contributed by atoms with E-state index in [9.17, 15) is 14.4 Å². The van der Waals surface area contributed by atoms with E-state index < -0.39 is 12.0 Å². The molecule has 0 saturated heterocycles. The lowest BCUT2D eigenvalue weighted by molar-refractivity contribution is -0.139. The number of carbonyl (C=O) groups is 3. The molecular formula is C31H40N4O4. The van der Waals surface area contributed by atoms with E-state index in [4.69, 9.17) is 4.84 Å². The molecule has 1 unspecified atom stereocenters. The zero-order chi connectivity index (χ0) is 27.5. The number of carbonyl (C=O) groups excluding carboxylic acids is 3. The molecular weight excluding hydrogens is 492 g/mol. The number of hydrogen-bond donors (Lipinski definition) is 3. The summed E-state index contributed by atoms with van der Waals surface area (Å²) in [6, 6.07) is 17.0. The summed E-state index contributed by atoms with van der Waals surface area (Å²) >= 11 is 0. The van der Waals surface area contributed by atoms with Crippen molar-refractivity contribution in [2.45, 2.75) is 77.5 Å². The number of aryl methyl sites for hydroxylation is 1. The van der Waals surface area contributed by atoms with Crippen molar-refractivity contribution in [2.75, 3.05) is 6.54 Å². The van der Waals surface area contributed by atoms with Crippen molar-refractivity contribution in [3.8, 4) is 0 Å². The highest BCUT2D eigenvalue weighted by atomic mass is 16.6. The first kappa shape index (κ1) is 28.4. The third kappa shape index (κ3) is 8.17. The van der Waals surface area contributed by atoms with Gasteiger partial charge in [-0.1, -0.05) is 74.7 Å². The lowest BCUT2D eigenvalue weighted by Crippen LogP contribution is -2.50. The van der Waals surface area contributed by atoms with Gasteiger partial charge in [0, 0.05) is 48.9 Å². The van der Waals surface area contributed by atoms with E-state index >= 15 is 0 Å². The predicted molar refractivity (Wildman–Crippen MR) is 151 cm³/mol. The van der Waals surface area contributed by atoms with Crippen molar-refractivity contribution in [3.63, 3.8) is 0 Å². The Bertz CT molecular complexity index is 1240. The van der Waals surface area contributed by atoms with Gasteiger partial charge in [0.05, 0.1) is 6.61 Å². The Morgan fingerprint density at radius 2 is 1.82 bits per heavy atom. The first-order chi connectivity index (χ1) is 19.0. The topological polar surface area (TPSA) is 101 Å². The second-order valence-corrected chi connectivity index (χ2v) is 10.3. The molecule has 0 saturated carbocycles. The van der Waals surface area contributed by atoms with Crippen molar-refractivity contribution in [1.29, 1.82) is 0 Å². The maximum Gasteiger partial charge on any atom is 0.244 e. The molecule has 0 radical (unpaired) electrons. The fraction of sp³-hybridized carbons (Fsp3) is 0.452. The van der Waals surface area contributed by atoms with Crippen LogP contribution in [0.25, 0.3) is 10.9 Å². The summed E-state index contributed by atoms with van der Waals surface area (Å²) in [5.74, 6) is -1.40. The molecule has 3 N–H and O–H groups in total. The Morgan fingerprint density at radius 1 is 1.05 bits per heavy atom. The molecule has 4 rings (SSSR count). The molecule has 0 aliphatic carbocycles. The van der Waals surface area contributed by atoms with Crippen LogP contribution in [-0.4, -0.2) is 34.9 Å². The van der Waals surface area contributed by atoms with Crippen LogP contribution in [0.5, 0.6) is 0 Å². The Balaban J connectivity index is 1.44. The Kier molecular flexibility index (Phi) is 10.5. The molecule has 8 heteroatoms. The van der Waals surface area contributed by atoms with Crippen LogP contribution in [0.2, 0.25) is 0 Å². The van der Waals surface area contributed by atoms with Gasteiger partial charge >= 0.3 is 0 Å². The molecule has 208 valence electrons. The van der Waals surface area contributed by atoms with Crippen LogP contribution >= 0.6 is 0 Å². The number of rotatable bonds is 9. The Labute approximate surface area is 230 Å². The van der Waals surface area contributed by atoms with Crippen molar-refractivity contribution in [3.05, 3.63) is 71.9 Å². The third-order valence-electron chi connectivity index (χ3n) is 7.26. The Morgan fingerprint density at radius 3 is 2.64 bits per heavy atom. The highest BCUT2D eigenvalue weighted by molar-refractivity contribution is 5.91. The second kappa shape index (κ2) is 14.5. The number of benzene rings is 2. The number of nitrogens with zero attached hydrogens (tertiary/aromatic N) is 1. The molecule has 0 spiro atoms. The van der Waals surface area contributed by atoms with Crippen LogP contribution in [-0.2, 0) is 38.8 Å². The molecule has 1 aliphatic rings. The van der Waals surface area contributed by atoms with Crippen molar-refractivity contribution < 1.29 is 19.2 Å². The van der Waals surface area contributed by atoms with Crippen LogP contribution in [0.3, 0.4) is 0 Å². The highest BCUT2D eigenvalue weighted by Crippen LogP contribution is 2.24. The lowest BCUT2D eigenvalue weighted by Gasteiger charge is -2.22. The molecule has 0 fully saturated rings. The largest absolute Gasteiger partial charge is 0.354 e. The van der Waals surface area contributed by atoms with Gasteiger partial charge < -0.3 is 15.2 Å². The predicted octanol–water partition coefficient (Wildman–Crippen LogP) is 4.41. The van der Waals surface area contributed by atoms with Crippen LogP contribution in [0.15, 0.2) is 60.8 Å². The summed E-state index contributed by atoms with van der Waals surface area (Å²) in [6.45, 7) is 3.74. The second-order valence-electron chi connectivity index (χ2n) is 10.3. The zero-order valence-corrected chi connectivity index (χ0v) is 22.8. The van der Waals surface area contributed by atoms with Crippen molar-refractivity contribution >= 4 is 28.6 Å². The van der Waals surface area contributed by atoms with Crippen molar-refractivity contribution in [2.24, 2.45) is 5.92 Å². The normalized spacial score (nSPS) is 17.3. The van der Waals surface area contributed by atoms with Gasteiger partial charge in [0.2, 0.25) is 17.7 Å². The summed E-state index contributed by atoms with van der Waals surface area (Å²) in [6.07, 6.45) is 7.91. The van der Waals surface area contributed by atoms with Gasteiger partial charge in [-0.2, -0.15) is 0 Å². The summed E-state index contributed by atoms with van der Waals surface area (Å²) in [5, 5.41) is 7.11. The van der Waals surface area contributed by atoms with Gasteiger partial charge in [0.25, 0.3) is 0 Å². The highest BCUT2D eigenvalue weighted by Gasteiger charge is 2.28. The number of nitrogens with one attached hydrogen (secondary N) is 3. The SMILES string of the molecule is CCC[C@H](CC(=O)NOCc1ccccc1)C(=O)NC1Cc2cn(c3ccccc23)CCCCCCNC1=O. The minimum absolute atomic E-state index is 0.0118. The minimum atomic E-state index is -0.728. The standard InChI is InChI=1S/C31H40N4O4/c1-2-12-24(20-29(36)34-39-22-23-13-6-5-7-14-23)30(37)33-27-19-25-21-35(28-16-9-8-15-26(25)28)18-11-4-3-10-17-32-31(27)38/h5-9,13-16,21,24,27H,2-4,10-12,17-20,22H2,1H3,(H,32,38)(H,33,37)(H,34,36)/t24-,27?/m1/s1. The van der Waals surface area contributed by atoms with E-state index in [1.807, 2.05) is 49.4 Å². The smallest absolute Gasteiger partial charge is 0.244 e. The number of aromatic nitrogens is 1. The van der Waals surface area contributed by atoms with Crippen LogP contribution in [0.4, 0.5) is 0 Å². The van der Waals surface area contributed by atoms with E-state index in [1.165, 1.54) is 0 Å². The molecule has 1 aliphatic heterocycles. The van der Waals surface area contributed by atoms with Crippen molar-refractivity contribution in [1.82, 2.24) is 20.7 Å². The maximum absolute atomic E-state index is 13.4. The van der Waals surface area contributed by atoms with Crippen LogP contribution in [0.1, 0.15) is 63.0 Å². The van der Waals surface area contributed by atoms with Gasteiger partial charge in [-0.25, -0.2) is 5.48 Å². The van der Waals surface area contributed by atoms with Crippen LogP contribution in [0, 0.1) is 5.92 Å². The van der Waals surface area contributed by atoms with Gasteiger partial charge in [-0.05, 0) is 36.5 Å². The quantitative estimate of drug-likeness (QED) is 0.355. The van der Waals surface area contributed by atoms with Crippen LogP contribution < -0.4 is 16.1 Å². The van der Waals surface area contributed by atoms with Gasteiger partial charge in [-0.3, -0.25) is 19.2 Å². The van der Waals surface area contributed by atoms with E-state index in [2.05, 4.69) is 39.0 Å². The summed E-state index contributed by atoms with van der Waals surface area (Å²) in [5.41, 5.74) is 5.57. The van der Waals surface area contributed by atoms with Gasteiger partial charge in [-0.15, -0.1) is 0 Å². The molecule has 3 amide bonds. The molecule has 1 aromatic heterocycles. The molecule has 39 heavy (non-hydrogen) atoms. The monoisotopic (exact) mass is 532 g/mol. The fourth-order valence-electron chi connectivity index (χ4n) is 5.20. The van der Waals surface area contributed by atoms with E-state index in [-0.39, 0.29) is 30.7 Å². The number of amides is 3. The van der Waals surface area contributed by atoms with E-state index in [1.54, 1.807) is 0 Å². The number of hydrogen-bond acceptors (Lipinski definition) is 4. The van der Waals surface area contributed by atoms with E-state index in [0.717, 1.165) is 60.7 Å². The molecule has 2 aromatic carbocycles. The molecule has 2 atom stereocenters. The van der Waals surface area contributed by atoms with Gasteiger partial charge in [0.1, 0.15) is 6.04 Å². The average molecular weight is 533 g/mol. The summed E-state index contributed by atoms with van der Waals surface area (Å²) < 4.78 is 2.26. The third-order valence-corrected chi connectivity index (χ3v) is 7.26. The van der Waals surface area contributed by atoms with E-state index in [0.29, 0.717) is 19.4 Å². The first-order valence-corrected chi connectivity index (χ1v) is 14.1. The zero-order valence-electron chi connectivity index (χ0n) is 22.8. The minimum Gasteiger partial charge on any atom is -0.354 e. The first-order valence-electron chi connectivity index (χ1n) is 14.1. The van der Waals surface area contributed by atoms with Gasteiger partial charge in [0.15, 0.2) is 0 Å². The maximum atomic E-state index is 13.4. The molecule has 2 heterocycles. The fourth-order valence-corrected chi connectivity index (χ4v) is 5.20. The number of fused-ring (bicyclic) bond motifs is 5. The summed E-state index contributed by atoms with van der Waals surface area (Å²) in [7, 11) is 0. The Hall–Kier alpha value is -3.65. The average Bonchev–Trinajstić information content (AvgIpc) is 3.29. The molecule has 2 bridgehead atoms. The molecule has 8 nitrogen and oxygen atoms in total. The number of para-hydroxylation sites is 1. The molecule has 3 aromatic rings. The number of hydroxylamine groups is 1.